The van der Waals surface area contributed by atoms with Gasteiger partial charge in [0, 0.05) is 18.7 Å². The molecule has 110 valence electrons. The van der Waals surface area contributed by atoms with E-state index in [0.29, 0.717) is 12.1 Å². The van der Waals surface area contributed by atoms with E-state index in [1.54, 1.807) is 0 Å². The Hall–Kier alpha value is -0.610. The SMILES string of the molecule is CCCC(C)NC(=O)C(C)NC1CCOC1C1CC1. The molecule has 4 heteroatoms. The van der Waals surface area contributed by atoms with Gasteiger partial charge in [-0.15, -0.1) is 0 Å². The highest BCUT2D eigenvalue weighted by molar-refractivity contribution is 5.81. The van der Waals surface area contributed by atoms with Crippen LogP contribution in [0.1, 0.15) is 52.9 Å². The summed E-state index contributed by atoms with van der Waals surface area (Å²) in [4.78, 5) is 12.1. The third kappa shape index (κ3) is 4.18. The summed E-state index contributed by atoms with van der Waals surface area (Å²) in [5.41, 5.74) is 0. The lowest BCUT2D eigenvalue weighted by Crippen LogP contribution is -2.51. The molecule has 0 radical (unpaired) electrons. The van der Waals surface area contributed by atoms with Gasteiger partial charge in [-0.3, -0.25) is 4.79 Å². The highest BCUT2D eigenvalue weighted by atomic mass is 16.5. The summed E-state index contributed by atoms with van der Waals surface area (Å²) in [7, 11) is 0. The van der Waals surface area contributed by atoms with Crippen molar-refractivity contribution in [1.29, 1.82) is 0 Å². The van der Waals surface area contributed by atoms with Crippen molar-refractivity contribution in [2.75, 3.05) is 6.61 Å². The average Bonchev–Trinajstić information content (AvgIpc) is 3.10. The first-order valence-electron chi connectivity index (χ1n) is 7.79. The minimum atomic E-state index is -0.132. The summed E-state index contributed by atoms with van der Waals surface area (Å²) in [6, 6.07) is 0.489. The van der Waals surface area contributed by atoms with E-state index in [4.69, 9.17) is 4.74 Å². The van der Waals surface area contributed by atoms with Gasteiger partial charge in [0.05, 0.1) is 12.1 Å². The first kappa shape index (κ1) is 14.8. The predicted octanol–water partition coefficient (Wildman–Crippen LogP) is 1.84. The molecule has 4 unspecified atom stereocenters. The van der Waals surface area contributed by atoms with Crippen molar-refractivity contribution in [3.8, 4) is 0 Å². The number of rotatable bonds is 7. The van der Waals surface area contributed by atoms with Gasteiger partial charge in [-0.2, -0.15) is 0 Å². The van der Waals surface area contributed by atoms with Crippen molar-refractivity contribution in [2.24, 2.45) is 5.92 Å². The molecule has 1 heterocycles. The van der Waals surface area contributed by atoms with Crippen molar-refractivity contribution in [1.82, 2.24) is 10.6 Å². The summed E-state index contributed by atoms with van der Waals surface area (Å²) >= 11 is 0. The highest BCUT2D eigenvalue weighted by Gasteiger charge is 2.41. The Bertz CT molecular complexity index is 305. The number of ether oxygens (including phenoxy) is 1. The maximum absolute atomic E-state index is 12.1. The van der Waals surface area contributed by atoms with E-state index in [0.717, 1.165) is 31.8 Å². The molecule has 1 saturated heterocycles. The number of hydrogen-bond donors (Lipinski definition) is 2. The maximum Gasteiger partial charge on any atom is 0.237 e. The van der Waals surface area contributed by atoms with E-state index < -0.39 is 0 Å². The van der Waals surface area contributed by atoms with Crippen LogP contribution >= 0.6 is 0 Å². The molecule has 0 aromatic heterocycles. The first-order valence-corrected chi connectivity index (χ1v) is 7.79. The van der Waals surface area contributed by atoms with Gasteiger partial charge in [0.25, 0.3) is 0 Å². The molecule has 0 aromatic rings. The zero-order chi connectivity index (χ0) is 13.8. The van der Waals surface area contributed by atoms with Crippen LogP contribution in [0.5, 0.6) is 0 Å². The van der Waals surface area contributed by atoms with Crippen LogP contribution in [0.15, 0.2) is 0 Å². The molecule has 4 atom stereocenters. The number of carbonyl (C=O) groups excluding carboxylic acids is 1. The van der Waals surface area contributed by atoms with Crippen LogP contribution in [-0.2, 0) is 9.53 Å². The van der Waals surface area contributed by atoms with E-state index >= 15 is 0 Å². The van der Waals surface area contributed by atoms with E-state index in [9.17, 15) is 4.79 Å². The summed E-state index contributed by atoms with van der Waals surface area (Å²) in [6.45, 7) is 7.00. The lowest BCUT2D eigenvalue weighted by molar-refractivity contribution is -0.123. The molecule has 1 aliphatic heterocycles. The second kappa shape index (κ2) is 6.71. The van der Waals surface area contributed by atoms with Crippen LogP contribution < -0.4 is 10.6 Å². The van der Waals surface area contributed by atoms with Gasteiger partial charge in [-0.25, -0.2) is 0 Å². The second-order valence-corrected chi connectivity index (χ2v) is 6.15. The largest absolute Gasteiger partial charge is 0.376 e. The lowest BCUT2D eigenvalue weighted by atomic mass is 10.0. The fourth-order valence-electron chi connectivity index (χ4n) is 2.95. The van der Waals surface area contributed by atoms with Crippen LogP contribution in [-0.4, -0.2) is 36.7 Å². The molecule has 1 saturated carbocycles. The first-order chi connectivity index (χ1) is 9.11. The maximum atomic E-state index is 12.1. The Kier molecular flexibility index (Phi) is 5.22. The Morgan fingerprint density at radius 2 is 2.05 bits per heavy atom. The molecular weight excluding hydrogens is 240 g/mol. The standard InChI is InChI=1S/C15H28N2O2/c1-4-5-10(2)16-15(18)11(3)17-13-8-9-19-14(13)12-6-7-12/h10-14,17H,4-9H2,1-3H3,(H,16,18). The molecule has 2 fully saturated rings. The smallest absolute Gasteiger partial charge is 0.237 e. The van der Waals surface area contributed by atoms with Crippen LogP contribution in [0.25, 0.3) is 0 Å². The summed E-state index contributed by atoms with van der Waals surface area (Å²) < 4.78 is 5.80. The minimum Gasteiger partial charge on any atom is -0.376 e. The molecule has 0 bridgehead atoms. The molecule has 2 rings (SSSR count). The van der Waals surface area contributed by atoms with Gasteiger partial charge in [-0.1, -0.05) is 13.3 Å². The van der Waals surface area contributed by atoms with Gasteiger partial charge in [0.15, 0.2) is 0 Å². The third-order valence-corrected chi connectivity index (χ3v) is 4.19. The number of hydrogen-bond acceptors (Lipinski definition) is 3. The fourth-order valence-corrected chi connectivity index (χ4v) is 2.95. The van der Waals surface area contributed by atoms with E-state index in [2.05, 4.69) is 24.5 Å². The second-order valence-electron chi connectivity index (χ2n) is 6.15. The van der Waals surface area contributed by atoms with E-state index in [1.165, 1.54) is 12.8 Å². The zero-order valence-corrected chi connectivity index (χ0v) is 12.4. The van der Waals surface area contributed by atoms with Gasteiger partial charge < -0.3 is 15.4 Å². The Morgan fingerprint density at radius 3 is 2.68 bits per heavy atom. The normalized spacial score (nSPS) is 30.1. The van der Waals surface area contributed by atoms with Gasteiger partial charge in [0.2, 0.25) is 5.91 Å². The summed E-state index contributed by atoms with van der Waals surface area (Å²) in [5.74, 6) is 0.844. The molecule has 19 heavy (non-hydrogen) atoms. The van der Waals surface area contributed by atoms with E-state index in [1.807, 2.05) is 6.92 Å². The van der Waals surface area contributed by atoms with Crippen molar-refractivity contribution < 1.29 is 9.53 Å². The molecule has 0 spiro atoms. The van der Waals surface area contributed by atoms with Gasteiger partial charge >= 0.3 is 0 Å². The van der Waals surface area contributed by atoms with Crippen LogP contribution in [0, 0.1) is 5.92 Å². The highest BCUT2D eigenvalue weighted by Crippen LogP contribution is 2.38. The Morgan fingerprint density at radius 1 is 1.32 bits per heavy atom. The lowest BCUT2D eigenvalue weighted by Gasteiger charge is -2.24. The molecule has 1 amide bonds. The van der Waals surface area contributed by atoms with Crippen molar-refractivity contribution in [3.05, 3.63) is 0 Å². The Labute approximate surface area is 116 Å². The zero-order valence-electron chi connectivity index (χ0n) is 12.4. The quantitative estimate of drug-likeness (QED) is 0.741. The van der Waals surface area contributed by atoms with Gasteiger partial charge in [-0.05, 0) is 45.4 Å². The molecule has 1 aliphatic carbocycles. The van der Waals surface area contributed by atoms with Crippen molar-refractivity contribution in [3.63, 3.8) is 0 Å². The number of amides is 1. The average molecular weight is 268 g/mol. The molecule has 2 N–H and O–H groups in total. The number of carbonyl (C=O) groups is 1. The van der Waals surface area contributed by atoms with Crippen LogP contribution in [0.4, 0.5) is 0 Å². The molecule has 0 aromatic carbocycles. The molecular formula is C15H28N2O2. The topological polar surface area (TPSA) is 50.4 Å². The molecule has 4 nitrogen and oxygen atoms in total. The Balaban J connectivity index is 1.76. The summed E-state index contributed by atoms with van der Waals surface area (Å²) in [5, 5.41) is 6.53. The van der Waals surface area contributed by atoms with Gasteiger partial charge in [0.1, 0.15) is 0 Å². The van der Waals surface area contributed by atoms with Crippen molar-refractivity contribution >= 4 is 5.91 Å². The number of nitrogens with one attached hydrogen (secondary N) is 2. The van der Waals surface area contributed by atoms with Crippen LogP contribution in [0.2, 0.25) is 0 Å². The minimum absolute atomic E-state index is 0.113. The third-order valence-electron chi connectivity index (χ3n) is 4.19. The van der Waals surface area contributed by atoms with E-state index in [-0.39, 0.29) is 18.0 Å². The van der Waals surface area contributed by atoms with Crippen molar-refractivity contribution in [2.45, 2.75) is 77.1 Å². The predicted molar refractivity (Wildman–Crippen MR) is 76.0 cm³/mol. The fraction of sp³-hybridized carbons (Fsp3) is 0.933. The van der Waals surface area contributed by atoms with Crippen LogP contribution in [0.3, 0.4) is 0 Å². The summed E-state index contributed by atoms with van der Waals surface area (Å²) in [6.07, 6.45) is 6.08. The monoisotopic (exact) mass is 268 g/mol. The molecule has 2 aliphatic rings.